The van der Waals surface area contributed by atoms with Crippen LogP contribution >= 0.6 is 0 Å². The van der Waals surface area contributed by atoms with Crippen molar-refractivity contribution in [3.05, 3.63) is 0 Å². The number of unbranched alkanes of at least 4 members (excludes halogenated alkanes) is 2. The van der Waals surface area contributed by atoms with Gasteiger partial charge in [-0.1, -0.05) is 26.7 Å². The van der Waals surface area contributed by atoms with Gasteiger partial charge in [0.1, 0.15) is 0 Å². The van der Waals surface area contributed by atoms with Gasteiger partial charge in [-0.2, -0.15) is 0 Å². The van der Waals surface area contributed by atoms with Crippen molar-refractivity contribution < 1.29 is 18.3 Å². The van der Waals surface area contributed by atoms with Crippen LogP contribution in [0.4, 0.5) is 0 Å². The van der Waals surface area contributed by atoms with E-state index in [0.717, 1.165) is 19.3 Å². The van der Waals surface area contributed by atoms with Gasteiger partial charge in [0.15, 0.2) is 11.1 Å². The minimum atomic E-state index is -1.93. The zero-order valence-corrected chi connectivity index (χ0v) is 9.51. The molecule has 0 saturated carbocycles. The van der Waals surface area contributed by atoms with E-state index in [1.165, 1.54) is 0 Å². The first-order valence-electron chi connectivity index (χ1n) is 4.82. The highest BCUT2D eigenvalue weighted by Crippen LogP contribution is 2.02. The van der Waals surface area contributed by atoms with Crippen molar-refractivity contribution in [1.29, 1.82) is 0 Å². The maximum absolute atomic E-state index is 11.2. The zero-order chi connectivity index (χ0) is 11.0. The highest BCUT2D eigenvalue weighted by Gasteiger charge is 2.16. The third-order valence-corrected chi connectivity index (χ3v) is 2.57. The van der Waals surface area contributed by atoms with E-state index in [2.05, 4.69) is 6.92 Å². The van der Waals surface area contributed by atoms with Crippen molar-refractivity contribution in [3.63, 3.8) is 0 Å². The molecule has 0 amide bonds. The van der Waals surface area contributed by atoms with Crippen molar-refractivity contribution in [3.8, 4) is 0 Å². The lowest BCUT2D eigenvalue weighted by Crippen LogP contribution is -2.20. The van der Waals surface area contributed by atoms with Crippen molar-refractivity contribution in [2.75, 3.05) is 12.4 Å². The average molecular weight is 222 g/mol. The Bertz CT molecular complexity index is 193. The van der Waals surface area contributed by atoms with Gasteiger partial charge in [-0.3, -0.25) is 4.79 Å². The molecule has 0 aromatic carbocycles. The summed E-state index contributed by atoms with van der Waals surface area (Å²) < 4.78 is 23.9. The molecule has 0 aromatic rings. The standard InChI is InChI=1S/C9H18O4S/c1-3-4-5-6-13-9(10)8(2)7-14(11)12/h8H,3-7H2,1-2H3,(H,11,12). The van der Waals surface area contributed by atoms with Crippen LogP contribution in [0.3, 0.4) is 0 Å². The lowest BCUT2D eigenvalue weighted by atomic mass is 10.2. The number of hydrogen-bond donors (Lipinski definition) is 1. The summed E-state index contributed by atoms with van der Waals surface area (Å²) in [6.45, 7) is 4.07. The number of hydrogen-bond acceptors (Lipinski definition) is 3. The Labute approximate surface area is 87.3 Å². The molecule has 0 saturated heterocycles. The van der Waals surface area contributed by atoms with Gasteiger partial charge >= 0.3 is 5.97 Å². The molecule has 0 radical (unpaired) electrons. The monoisotopic (exact) mass is 222 g/mol. The predicted octanol–water partition coefficient (Wildman–Crippen LogP) is 1.58. The normalized spacial score (nSPS) is 14.8. The second kappa shape index (κ2) is 7.94. The summed E-state index contributed by atoms with van der Waals surface area (Å²) in [6.07, 6.45) is 2.97. The molecule has 14 heavy (non-hydrogen) atoms. The summed E-state index contributed by atoms with van der Waals surface area (Å²) in [7, 11) is 0. The molecule has 0 rings (SSSR count). The van der Waals surface area contributed by atoms with E-state index < -0.39 is 17.0 Å². The summed E-state index contributed by atoms with van der Waals surface area (Å²) in [6, 6.07) is 0. The highest BCUT2D eigenvalue weighted by molar-refractivity contribution is 7.79. The summed E-state index contributed by atoms with van der Waals surface area (Å²) in [5.41, 5.74) is 0. The van der Waals surface area contributed by atoms with Crippen LogP contribution in [-0.4, -0.2) is 27.1 Å². The number of esters is 1. The third-order valence-electron chi connectivity index (χ3n) is 1.79. The summed E-state index contributed by atoms with van der Waals surface area (Å²) in [4.78, 5) is 11.2. The van der Waals surface area contributed by atoms with Gasteiger partial charge in [-0.25, -0.2) is 4.21 Å². The Balaban J connectivity index is 3.57. The molecule has 0 heterocycles. The van der Waals surface area contributed by atoms with Crippen LogP contribution in [0.2, 0.25) is 0 Å². The van der Waals surface area contributed by atoms with Gasteiger partial charge in [0.05, 0.1) is 18.3 Å². The zero-order valence-electron chi connectivity index (χ0n) is 8.69. The Morgan fingerprint density at radius 2 is 2.14 bits per heavy atom. The van der Waals surface area contributed by atoms with Gasteiger partial charge in [-0.15, -0.1) is 0 Å². The first-order valence-corrected chi connectivity index (χ1v) is 6.09. The second-order valence-electron chi connectivity index (χ2n) is 3.26. The number of carbonyl (C=O) groups excluding carboxylic acids is 1. The minimum Gasteiger partial charge on any atom is -0.465 e. The molecule has 0 aromatic heterocycles. The quantitative estimate of drug-likeness (QED) is 0.403. The molecule has 84 valence electrons. The lowest BCUT2D eigenvalue weighted by Gasteiger charge is -2.08. The largest absolute Gasteiger partial charge is 0.465 e. The van der Waals surface area contributed by atoms with Crippen LogP contribution in [0, 0.1) is 5.92 Å². The van der Waals surface area contributed by atoms with E-state index in [0.29, 0.717) is 6.61 Å². The lowest BCUT2D eigenvalue weighted by molar-refractivity contribution is -0.147. The van der Waals surface area contributed by atoms with Crippen LogP contribution in [-0.2, 0) is 20.6 Å². The number of carbonyl (C=O) groups is 1. The molecule has 0 fully saturated rings. The summed E-state index contributed by atoms with van der Waals surface area (Å²) >= 11 is -1.93. The third kappa shape index (κ3) is 7.03. The Morgan fingerprint density at radius 3 is 2.64 bits per heavy atom. The van der Waals surface area contributed by atoms with Crippen molar-refractivity contribution in [2.45, 2.75) is 33.1 Å². The maximum Gasteiger partial charge on any atom is 0.309 e. The predicted molar refractivity (Wildman–Crippen MR) is 55.3 cm³/mol. The Hall–Kier alpha value is -0.420. The van der Waals surface area contributed by atoms with E-state index in [9.17, 15) is 9.00 Å². The van der Waals surface area contributed by atoms with Crippen molar-refractivity contribution >= 4 is 17.0 Å². The first-order chi connectivity index (χ1) is 6.57. The van der Waals surface area contributed by atoms with Crippen LogP contribution in [0.1, 0.15) is 33.1 Å². The molecule has 0 aliphatic rings. The molecule has 5 heteroatoms. The fraction of sp³-hybridized carbons (Fsp3) is 0.889. The molecule has 2 unspecified atom stereocenters. The molecular formula is C9H18O4S. The average Bonchev–Trinajstić information content (AvgIpc) is 2.11. The van der Waals surface area contributed by atoms with Crippen molar-refractivity contribution in [1.82, 2.24) is 0 Å². The molecule has 1 N–H and O–H groups in total. The SMILES string of the molecule is CCCCCOC(=O)C(C)CS(=O)O. The van der Waals surface area contributed by atoms with E-state index in [4.69, 9.17) is 9.29 Å². The molecule has 0 aliphatic carbocycles. The topological polar surface area (TPSA) is 63.6 Å². The Morgan fingerprint density at radius 1 is 1.50 bits per heavy atom. The molecule has 4 nitrogen and oxygen atoms in total. The van der Waals surface area contributed by atoms with Crippen LogP contribution in [0.15, 0.2) is 0 Å². The molecule has 0 aliphatic heterocycles. The maximum atomic E-state index is 11.2. The summed E-state index contributed by atoms with van der Waals surface area (Å²) in [5, 5.41) is 0. The van der Waals surface area contributed by atoms with Crippen molar-refractivity contribution in [2.24, 2.45) is 5.92 Å². The Kier molecular flexibility index (Phi) is 7.70. The van der Waals surface area contributed by atoms with Gasteiger partial charge < -0.3 is 9.29 Å². The van der Waals surface area contributed by atoms with Crippen LogP contribution < -0.4 is 0 Å². The number of rotatable bonds is 7. The smallest absolute Gasteiger partial charge is 0.309 e. The van der Waals surface area contributed by atoms with Gasteiger partial charge in [0.25, 0.3) is 0 Å². The number of ether oxygens (including phenoxy) is 1. The summed E-state index contributed by atoms with van der Waals surface area (Å²) in [5.74, 6) is -0.932. The molecular weight excluding hydrogens is 204 g/mol. The van der Waals surface area contributed by atoms with E-state index in [1.807, 2.05) is 0 Å². The van der Waals surface area contributed by atoms with Gasteiger partial charge in [0.2, 0.25) is 0 Å². The van der Waals surface area contributed by atoms with Gasteiger partial charge in [-0.05, 0) is 6.42 Å². The van der Waals surface area contributed by atoms with E-state index >= 15 is 0 Å². The highest BCUT2D eigenvalue weighted by atomic mass is 32.2. The first kappa shape index (κ1) is 13.6. The van der Waals surface area contributed by atoms with E-state index in [1.54, 1.807) is 6.92 Å². The fourth-order valence-corrected chi connectivity index (χ4v) is 1.51. The minimum absolute atomic E-state index is 0.0490. The van der Waals surface area contributed by atoms with Gasteiger partial charge in [0, 0.05) is 0 Å². The second-order valence-corrected chi connectivity index (χ2v) is 4.24. The molecule has 2 atom stereocenters. The molecule has 0 spiro atoms. The molecule has 0 bridgehead atoms. The van der Waals surface area contributed by atoms with E-state index in [-0.39, 0.29) is 11.7 Å². The fourth-order valence-electron chi connectivity index (χ4n) is 0.949. The van der Waals surface area contributed by atoms with Crippen LogP contribution in [0.5, 0.6) is 0 Å². The van der Waals surface area contributed by atoms with Crippen LogP contribution in [0.25, 0.3) is 0 Å².